The minimum Gasteiger partial charge on any atom is -0.308 e. The highest BCUT2D eigenvalue weighted by Gasteiger charge is 2.35. The lowest BCUT2D eigenvalue weighted by Crippen LogP contribution is -2.11. The van der Waals surface area contributed by atoms with Gasteiger partial charge >= 0.3 is 6.18 Å². The molecule has 0 aliphatic heterocycles. The fraction of sp³-hybridized carbons (Fsp3) is 0.0345. The van der Waals surface area contributed by atoms with Crippen LogP contribution in [0, 0.1) is 6.92 Å². The number of hydrogen-bond acceptors (Lipinski definition) is 4. The Bertz CT molecular complexity index is 3290. The summed E-state index contributed by atoms with van der Waals surface area (Å²) in [5.41, 5.74) is 9.88. The van der Waals surface area contributed by atoms with Crippen molar-refractivity contribution in [1.82, 2.24) is 24.5 Å². The molecule has 0 unspecified atom stereocenters. The number of halogens is 3. The molecule has 0 N–H and O–H groups in total. The Labute approximate surface area is 379 Å². The number of benzene rings is 8. The number of hydrogen-bond donors (Lipinski definition) is 0. The molecule has 5 nitrogen and oxygen atoms in total. The molecule has 0 atom stereocenters. The molecule has 0 radical (unpaired) electrons. The van der Waals surface area contributed by atoms with Crippen LogP contribution in [-0.2, 0) is 6.18 Å². The van der Waals surface area contributed by atoms with Crippen LogP contribution in [0.4, 0.5) is 13.2 Å². The van der Waals surface area contributed by atoms with Crippen LogP contribution in [0.15, 0.2) is 212 Å². The fourth-order valence-electron chi connectivity index (χ4n) is 8.68. The van der Waals surface area contributed by atoms with Crippen LogP contribution in [0.3, 0.4) is 0 Å². The monoisotopic (exact) mass is 861 g/mol. The summed E-state index contributed by atoms with van der Waals surface area (Å²) < 4.78 is 49.1. The van der Waals surface area contributed by atoms with Gasteiger partial charge in [0.15, 0.2) is 11.6 Å². The highest BCUT2D eigenvalue weighted by Crippen LogP contribution is 2.46. The van der Waals surface area contributed by atoms with E-state index in [1.54, 1.807) is 6.07 Å². The van der Waals surface area contributed by atoms with Crippen LogP contribution < -0.4 is 0 Å². The van der Waals surface area contributed by atoms with Gasteiger partial charge in [0.05, 0.1) is 45.1 Å². The summed E-state index contributed by atoms with van der Waals surface area (Å²) in [6, 6.07) is 67.1. The summed E-state index contributed by atoms with van der Waals surface area (Å²) >= 11 is 0. The average molecular weight is 862 g/mol. The van der Waals surface area contributed by atoms with Gasteiger partial charge in [0, 0.05) is 44.2 Å². The van der Waals surface area contributed by atoms with Crippen molar-refractivity contribution in [3.05, 3.63) is 223 Å². The van der Waals surface area contributed by atoms with E-state index in [4.69, 9.17) is 19.9 Å². The highest BCUT2D eigenvalue weighted by atomic mass is 19.4. The molecule has 11 aromatic rings. The number of rotatable bonds is 8. The van der Waals surface area contributed by atoms with E-state index in [1.807, 2.05) is 146 Å². The maximum absolute atomic E-state index is 15.7. The molecule has 0 saturated carbocycles. The molecule has 0 aliphatic rings. The van der Waals surface area contributed by atoms with Crippen molar-refractivity contribution in [3.63, 3.8) is 0 Å². The molecule has 11 rings (SSSR count). The molecule has 0 fully saturated rings. The molecule has 66 heavy (non-hydrogen) atoms. The van der Waals surface area contributed by atoms with Gasteiger partial charge in [0.2, 0.25) is 0 Å². The average Bonchev–Trinajstić information content (AvgIpc) is 3.70. The smallest absolute Gasteiger partial charge is 0.308 e. The van der Waals surface area contributed by atoms with Crippen LogP contribution in [-0.4, -0.2) is 24.5 Å². The van der Waals surface area contributed by atoms with Crippen molar-refractivity contribution in [2.75, 3.05) is 0 Å². The second kappa shape index (κ2) is 16.6. The van der Waals surface area contributed by atoms with Crippen LogP contribution in [0.2, 0.25) is 0 Å². The molecular weight excluding hydrogens is 824 g/mol. The first-order valence-electron chi connectivity index (χ1n) is 21.6. The first-order chi connectivity index (χ1) is 32.2. The number of fused-ring (bicyclic) bond motifs is 3. The van der Waals surface area contributed by atoms with E-state index in [0.29, 0.717) is 34.3 Å². The van der Waals surface area contributed by atoms with Crippen molar-refractivity contribution >= 4 is 21.8 Å². The Kier molecular flexibility index (Phi) is 10.1. The van der Waals surface area contributed by atoms with Crippen molar-refractivity contribution in [2.24, 2.45) is 0 Å². The summed E-state index contributed by atoms with van der Waals surface area (Å²) in [5.74, 6) is 0.496. The Balaban J connectivity index is 1.30. The van der Waals surface area contributed by atoms with Crippen molar-refractivity contribution < 1.29 is 13.2 Å². The Morgan fingerprint density at radius 2 is 0.818 bits per heavy atom. The predicted octanol–water partition coefficient (Wildman–Crippen LogP) is 15.4. The van der Waals surface area contributed by atoms with Crippen LogP contribution in [0.25, 0.3) is 106 Å². The van der Waals surface area contributed by atoms with Gasteiger partial charge in [-0.25, -0.2) is 19.9 Å². The normalized spacial score (nSPS) is 11.6. The third-order valence-electron chi connectivity index (χ3n) is 11.9. The van der Waals surface area contributed by atoms with E-state index in [0.717, 1.165) is 60.8 Å². The summed E-state index contributed by atoms with van der Waals surface area (Å²) in [6.07, 6.45) is -4.76. The standard InChI is InChI=1S/C58H38F3N5/c1-37-26-28-38(29-27-37)43-30-31-54-46(32-43)45-24-14-15-25-53(45)66(54)55-47(52-36-51(41-20-10-4-11-21-41)62-56(65-52)42-22-12-5-13-23-42)33-44(58(59,60)61)34-48(55)57-63-49(39-16-6-2-7-17-39)35-50(64-57)40-18-8-3-9-19-40/h2-36H,1H3. The van der Waals surface area contributed by atoms with Crippen LogP contribution in [0.1, 0.15) is 11.1 Å². The van der Waals surface area contributed by atoms with E-state index in [9.17, 15) is 0 Å². The molecule has 0 saturated heterocycles. The number of aromatic nitrogens is 5. The fourth-order valence-corrected chi connectivity index (χ4v) is 8.68. The second-order valence-electron chi connectivity index (χ2n) is 16.3. The van der Waals surface area contributed by atoms with Gasteiger partial charge in [-0.2, -0.15) is 13.2 Å². The Morgan fingerprint density at radius 1 is 0.364 bits per heavy atom. The van der Waals surface area contributed by atoms with Gasteiger partial charge in [0.1, 0.15) is 0 Å². The SMILES string of the molecule is Cc1ccc(-c2ccc3c(c2)c2ccccc2n3-c2c(-c3cc(-c4ccccc4)nc(-c4ccccc4)n3)cc(C(F)(F)F)cc2-c2nc(-c3ccccc3)cc(-c3ccccc3)n2)cc1. The second-order valence-corrected chi connectivity index (χ2v) is 16.3. The maximum Gasteiger partial charge on any atom is 0.416 e. The summed E-state index contributed by atoms with van der Waals surface area (Å²) in [4.78, 5) is 20.5. The first kappa shape index (κ1) is 40.3. The van der Waals surface area contributed by atoms with Crippen LogP contribution in [0.5, 0.6) is 0 Å². The van der Waals surface area contributed by atoms with Gasteiger partial charge in [-0.15, -0.1) is 0 Å². The molecule has 0 amide bonds. The first-order valence-corrected chi connectivity index (χ1v) is 21.6. The maximum atomic E-state index is 15.7. The summed E-state index contributed by atoms with van der Waals surface area (Å²) in [5, 5.41) is 1.86. The van der Waals surface area contributed by atoms with Crippen molar-refractivity contribution in [2.45, 2.75) is 13.1 Å². The molecule has 3 aromatic heterocycles. The minimum absolute atomic E-state index is 0.125. The minimum atomic E-state index is -4.76. The van der Waals surface area contributed by atoms with Gasteiger partial charge in [-0.3, -0.25) is 0 Å². The molecule has 3 heterocycles. The van der Waals surface area contributed by atoms with Gasteiger partial charge in [-0.1, -0.05) is 175 Å². The third kappa shape index (κ3) is 7.58. The lowest BCUT2D eigenvalue weighted by atomic mass is 9.96. The number of aryl methyl sites for hydroxylation is 1. The van der Waals surface area contributed by atoms with E-state index in [2.05, 4.69) is 60.0 Å². The summed E-state index contributed by atoms with van der Waals surface area (Å²) in [6.45, 7) is 2.06. The molecular formula is C58H38F3N5. The molecule has 0 bridgehead atoms. The van der Waals surface area contributed by atoms with Crippen molar-refractivity contribution in [1.29, 1.82) is 0 Å². The van der Waals surface area contributed by atoms with Crippen molar-refractivity contribution in [3.8, 4) is 84.6 Å². The number of para-hydroxylation sites is 1. The molecule has 316 valence electrons. The largest absolute Gasteiger partial charge is 0.416 e. The summed E-state index contributed by atoms with van der Waals surface area (Å²) in [7, 11) is 0. The molecule has 0 spiro atoms. The molecule has 8 aromatic carbocycles. The highest BCUT2D eigenvalue weighted by molar-refractivity contribution is 6.11. The van der Waals surface area contributed by atoms with E-state index in [-0.39, 0.29) is 17.0 Å². The molecule has 0 aliphatic carbocycles. The van der Waals surface area contributed by atoms with E-state index >= 15 is 13.2 Å². The van der Waals surface area contributed by atoms with Gasteiger partial charge in [0.25, 0.3) is 0 Å². The quantitative estimate of drug-likeness (QED) is 0.153. The zero-order chi connectivity index (χ0) is 44.8. The Morgan fingerprint density at radius 3 is 1.39 bits per heavy atom. The number of nitrogens with zero attached hydrogens (tertiary/aromatic N) is 5. The lowest BCUT2D eigenvalue weighted by molar-refractivity contribution is -0.137. The van der Waals surface area contributed by atoms with Gasteiger partial charge < -0.3 is 4.57 Å². The zero-order valence-electron chi connectivity index (χ0n) is 35.6. The lowest BCUT2D eigenvalue weighted by Gasteiger charge is -2.22. The predicted molar refractivity (Wildman–Crippen MR) is 260 cm³/mol. The van der Waals surface area contributed by atoms with Crippen LogP contribution >= 0.6 is 0 Å². The van der Waals surface area contributed by atoms with Gasteiger partial charge in [-0.05, 0) is 60.5 Å². The topological polar surface area (TPSA) is 56.5 Å². The van der Waals surface area contributed by atoms with E-state index in [1.165, 1.54) is 12.1 Å². The molecule has 8 heteroatoms. The zero-order valence-corrected chi connectivity index (χ0v) is 35.6. The number of alkyl halides is 3. The third-order valence-corrected chi connectivity index (χ3v) is 11.9. The Hall–Kier alpha value is -8.49. The van der Waals surface area contributed by atoms with E-state index < -0.39 is 11.7 Å².